The van der Waals surface area contributed by atoms with Gasteiger partial charge in [0.05, 0.1) is 6.61 Å². The largest absolute Gasteiger partial charge is 0.494 e. The highest BCUT2D eigenvalue weighted by Gasteiger charge is 2.20. The fraction of sp³-hybridized carbons (Fsp3) is 0.438. The van der Waals surface area contributed by atoms with Crippen LogP contribution >= 0.6 is 0 Å². The van der Waals surface area contributed by atoms with E-state index in [4.69, 9.17) is 4.74 Å². The van der Waals surface area contributed by atoms with Crippen LogP contribution in [0.2, 0.25) is 0 Å². The van der Waals surface area contributed by atoms with Gasteiger partial charge >= 0.3 is 0 Å². The lowest BCUT2D eigenvalue weighted by atomic mass is 9.79. The molecule has 0 amide bonds. The van der Waals surface area contributed by atoms with Gasteiger partial charge in [-0.05, 0) is 90.0 Å². The van der Waals surface area contributed by atoms with E-state index >= 15 is 0 Å². The van der Waals surface area contributed by atoms with E-state index in [0.29, 0.717) is 5.92 Å². The SMILES string of the molecule is CCCCCOc1ccc(-c2ccc3c(c2)CCC(c2ccc(CCCCC)cc2)C3)cc1. The van der Waals surface area contributed by atoms with Crippen LogP contribution < -0.4 is 4.74 Å². The number of ether oxygens (including phenoxy) is 1. The van der Waals surface area contributed by atoms with Gasteiger partial charge in [-0.1, -0.05) is 94.1 Å². The first kappa shape index (κ1) is 23.6. The molecule has 4 rings (SSSR count). The van der Waals surface area contributed by atoms with E-state index in [1.54, 1.807) is 0 Å². The second kappa shape index (κ2) is 12.1. The Hall–Kier alpha value is -2.54. The molecule has 0 fully saturated rings. The van der Waals surface area contributed by atoms with Crippen molar-refractivity contribution in [1.29, 1.82) is 0 Å². The fourth-order valence-corrected chi connectivity index (χ4v) is 5.04. The van der Waals surface area contributed by atoms with Gasteiger partial charge in [0.15, 0.2) is 0 Å². The topological polar surface area (TPSA) is 9.23 Å². The minimum Gasteiger partial charge on any atom is -0.494 e. The summed E-state index contributed by atoms with van der Waals surface area (Å²) in [6.07, 6.45) is 12.3. The molecule has 0 radical (unpaired) electrons. The maximum absolute atomic E-state index is 5.87. The number of hydrogen-bond acceptors (Lipinski definition) is 1. The third-order valence-corrected chi connectivity index (χ3v) is 7.16. The van der Waals surface area contributed by atoms with Crippen LogP contribution in [0.25, 0.3) is 11.1 Å². The van der Waals surface area contributed by atoms with Crippen molar-refractivity contribution in [3.63, 3.8) is 0 Å². The van der Waals surface area contributed by atoms with Crippen molar-refractivity contribution in [2.24, 2.45) is 0 Å². The number of fused-ring (bicyclic) bond motifs is 1. The summed E-state index contributed by atoms with van der Waals surface area (Å²) < 4.78 is 5.87. The Morgan fingerprint density at radius 1 is 0.727 bits per heavy atom. The lowest BCUT2D eigenvalue weighted by Crippen LogP contribution is -2.13. The normalized spacial score (nSPS) is 15.3. The van der Waals surface area contributed by atoms with E-state index in [9.17, 15) is 0 Å². The monoisotopic (exact) mass is 440 g/mol. The zero-order valence-electron chi connectivity index (χ0n) is 20.6. The Morgan fingerprint density at radius 3 is 2.21 bits per heavy atom. The molecule has 1 unspecified atom stereocenters. The highest BCUT2D eigenvalue weighted by atomic mass is 16.5. The van der Waals surface area contributed by atoms with Gasteiger partial charge in [-0.3, -0.25) is 0 Å². The molecule has 1 atom stereocenters. The molecule has 1 aliphatic carbocycles. The van der Waals surface area contributed by atoms with Crippen molar-refractivity contribution in [3.05, 3.63) is 89.0 Å². The van der Waals surface area contributed by atoms with Crippen LogP contribution in [0.4, 0.5) is 0 Å². The molecule has 1 nitrogen and oxygen atoms in total. The fourth-order valence-electron chi connectivity index (χ4n) is 5.04. The van der Waals surface area contributed by atoms with Crippen LogP contribution in [0.3, 0.4) is 0 Å². The highest BCUT2D eigenvalue weighted by molar-refractivity contribution is 5.66. The van der Waals surface area contributed by atoms with Crippen molar-refractivity contribution >= 4 is 0 Å². The molecule has 174 valence electrons. The predicted octanol–water partition coefficient (Wildman–Crippen LogP) is 8.93. The lowest BCUT2D eigenvalue weighted by molar-refractivity contribution is 0.306. The smallest absolute Gasteiger partial charge is 0.119 e. The van der Waals surface area contributed by atoms with Crippen LogP contribution in [0.5, 0.6) is 5.75 Å². The van der Waals surface area contributed by atoms with E-state index in [2.05, 4.69) is 80.6 Å². The second-order valence-electron chi connectivity index (χ2n) is 9.70. The number of aryl methyl sites for hydroxylation is 2. The summed E-state index contributed by atoms with van der Waals surface area (Å²) in [5.41, 5.74) is 8.65. The molecule has 0 saturated heterocycles. The molecule has 0 bridgehead atoms. The molecule has 0 saturated carbocycles. The van der Waals surface area contributed by atoms with E-state index in [-0.39, 0.29) is 0 Å². The second-order valence-corrected chi connectivity index (χ2v) is 9.70. The van der Waals surface area contributed by atoms with Gasteiger partial charge in [0.25, 0.3) is 0 Å². The van der Waals surface area contributed by atoms with Crippen LogP contribution in [-0.2, 0) is 19.3 Å². The summed E-state index contributed by atoms with van der Waals surface area (Å²) in [5.74, 6) is 1.63. The zero-order chi connectivity index (χ0) is 22.9. The third kappa shape index (κ3) is 6.50. The summed E-state index contributed by atoms with van der Waals surface area (Å²) in [7, 11) is 0. The number of benzene rings is 3. The van der Waals surface area contributed by atoms with E-state index in [1.807, 2.05) is 0 Å². The molecule has 1 heteroatoms. The quantitative estimate of drug-likeness (QED) is 0.270. The Kier molecular flexibility index (Phi) is 8.64. The number of rotatable bonds is 11. The molecule has 0 spiro atoms. The van der Waals surface area contributed by atoms with Crippen LogP contribution in [0.1, 0.15) is 87.0 Å². The number of hydrogen-bond donors (Lipinski definition) is 0. The van der Waals surface area contributed by atoms with Gasteiger partial charge < -0.3 is 4.74 Å². The molecule has 0 N–H and O–H groups in total. The van der Waals surface area contributed by atoms with Crippen molar-refractivity contribution in [2.75, 3.05) is 6.61 Å². The van der Waals surface area contributed by atoms with E-state index in [0.717, 1.165) is 25.2 Å². The van der Waals surface area contributed by atoms with E-state index < -0.39 is 0 Å². The maximum Gasteiger partial charge on any atom is 0.119 e. The Morgan fingerprint density at radius 2 is 1.45 bits per heavy atom. The van der Waals surface area contributed by atoms with Crippen molar-refractivity contribution in [1.82, 2.24) is 0 Å². The van der Waals surface area contributed by atoms with Gasteiger partial charge in [-0.2, -0.15) is 0 Å². The van der Waals surface area contributed by atoms with Crippen molar-refractivity contribution in [2.45, 2.75) is 84.0 Å². The minimum absolute atomic E-state index is 0.650. The Balaban J connectivity index is 1.36. The van der Waals surface area contributed by atoms with Crippen molar-refractivity contribution < 1.29 is 4.74 Å². The highest BCUT2D eigenvalue weighted by Crippen LogP contribution is 2.35. The average molecular weight is 441 g/mol. The molecule has 0 heterocycles. The van der Waals surface area contributed by atoms with Crippen molar-refractivity contribution in [3.8, 4) is 16.9 Å². The number of unbranched alkanes of at least 4 members (excludes halogenated alkanes) is 4. The molecular formula is C32H40O. The first-order valence-electron chi connectivity index (χ1n) is 13.2. The van der Waals surface area contributed by atoms with Crippen LogP contribution in [0.15, 0.2) is 66.7 Å². The van der Waals surface area contributed by atoms with Gasteiger partial charge in [-0.25, -0.2) is 0 Å². The lowest BCUT2D eigenvalue weighted by Gasteiger charge is -2.26. The minimum atomic E-state index is 0.650. The average Bonchev–Trinajstić information content (AvgIpc) is 2.87. The molecule has 0 aromatic heterocycles. The molecular weight excluding hydrogens is 400 g/mol. The Labute approximate surface area is 201 Å². The molecule has 3 aromatic rings. The molecule has 1 aliphatic rings. The van der Waals surface area contributed by atoms with Gasteiger partial charge in [0.2, 0.25) is 0 Å². The van der Waals surface area contributed by atoms with Gasteiger partial charge in [0, 0.05) is 0 Å². The zero-order valence-corrected chi connectivity index (χ0v) is 20.6. The molecule has 3 aromatic carbocycles. The molecule has 0 aliphatic heterocycles. The first-order valence-corrected chi connectivity index (χ1v) is 13.2. The van der Waals surface area contributed by atoms with Crippen LogP contribution in [-0.4, -0.2) is 6.61 Å². The van der Waals surface area contributed by atoms with Gasteiger partial charge in [-0.15, -0.1) is 0 Å². The maximum atomic E-state index is 5.87. The summed E-state index contributed by atoms with van der Waals surface area (Å²) in [6, 6.07) is 25.2. The molecule has 33 heavy (non-hydrogen) atoms. The first-order chi connectivity index (χ1) is 16.3. The summed E-state index contributed by atoms with van der Waals surface area (Å²) in [4.78, 5) is 0. The summed E-state index contributed by atoms with van der Waals surface area (Å²) in [5, 5.41) is 0. The summed E-state index contributed by atoms with van der Waals surface area (Å²) in [6.45, 7) is 5.31. The standard InChI is InChI=1S/C32H40O/c1-3-5-7-9-25-10-12-26(13-11-25)28-14-16-31-24-29(15-17-30(31)23-28)27-18-20-32(21-19-27)33-22-8-6-4-2/h10-13,15,17-21,24,28H,3-9,14,16,22-23H2,1-2H3. The van der Waals surface area contributed by atoms with Crippen LogP contribution in [0, 0.1) is 0 Å². The van der Waals surface area contributed by atoms with Gasteiger partial charge in [0.1, 0.15) is 5.75 Å². The van der Waals surface area contributed by atoms with E-state index in [1.165, 1.54) is 84.7 Å². The summed E-state index contributed by atoms with van der Waals surface area (Å²) >= 11 is 0. The Bertz CT molecular complexity index is 984. The third-order valence-electron chi connectivity index (χ3n) is 7.16. The predicted molar refractivity (Wildman–Crippen MR) is 141 cm³/mol.